The fourth-order valence-corrected chi connectivity index (χ4v) is 4.13. The van der Waals surface area contributed by atoms with Crippen molar-refractivity contribution in [3.05, 3.63) is 52.1 Å². The smallest absolute Gasteiger partial charge is 0.270 e. The second kappa shape index (κ2) is 9.25. The molecule has 0 bridgehead atoms. The molecule has 1 N–H and O–H groups in total. The van der Waals surface area contributed by atoms with Gasteiger partial charge in [0.1, 0.15) is 0 Å². The summed E-state index contributed by atoms with van der Waals surface area (Å²) in [7, 11) is 0. The zero-order chi connectivity index (χ0) is 21.8. The number of hydrogen-bond acceptors (Lipinski definition) is 7. The highest BCUT2D eigenvalue weighted by atomic mass is 16.6. The average Bonchev–Trinajstić information content (AvgIpc) is 2.84. The van der Waals surface area contributed by atoms with Crippen LogP contribution >= 0.6 is 0 Å². The number of quaternary nitrogens is 1. The number of nitro benzene ring substituents is 1. The van der Waals surface area contributed by atoms with Gasteiger partial charge >= 0.3 is 0 Å². The Balaban J connectivity index is 1.33. The first-order valence-electron chi connectivity index (χ1n) is 10.8. The number of likely N-dealkylation sites (N-methyl/N-ethyl adjacent to an activating group) is 1. The molecule has 1 amide bonds. The Labute approximate surface area is 181 Å². The lowest BCUT2D eigenvalue weighted by Gasteiger charge is -2.35. The molecule has 3 heterocycles. The van der Waals surface area contributed by atoms with Crippen molar-refractivity contribution >= 4 is 23.2 Å². The molecule has 10 heteroatoms. The monoisotopic (exact) mass is 426 g/mol. The molecule has 0 saturated carbocycles. The molecule has 0 spiro atoms. The van der Waals surface area contributed by atoms with Crippen LogP contribution in [0.4, 0.5) is 17.3 Å². The van der Waals surface area contributed by atoms with Gasteiger partial charge in [-0.25, -0.2) is 0 Å². The minimum absolute atomic E-state index is 0.0719. The van der Waals surface area contributed by atoms with Crippen molar-refractivity contribution in [1.29, 1.82) is 0 Å². The SMILES string of the molecule is CC[NH+]1CCN(c2ccc(N3CCN(C(=O)c4cccc([N+](=O)[O-])c4)CC3)nn2)CC1. The summed E-state index contributed by atoms with van der Waals surface area (Å²) >= 11 is 0. The maximum atomic E-state index is 12.7. The number of carbonyl (C=O) groups excluding carboxylic acids is 1. The lowest BCUT2D eigenvalue weighted by Crippen LogP contribution is -3.14. The molecule has 0 unspecified atom stereocenters. The van der Waals surface area contributed by atoms with Crippen LogP contribution in [0.15, 0.2) is 36.4 Å². The number of aromatic nitrogens is 2. The zero-order valence-corrected chi connectivity index (χ0v) is 17.7. The topological polar surface area (TPSA) is 100 Å². The van der Waals surface area contributed by atoms with E-state index in [1.165, 1.54) is 12.1 Å². The summed E-state index contributed by atoms with van der Waals surface area (Å²) in [6.45, 7) is 9.98. The molecule has 2 fully saturated rings. The molecule has 4 rings (SSSR count). The predicted octanol–water partition coefficient (Wildman–Crippen LogP) is 0.0720. The normalized spacial score (nSPS) is 17.6. The molecule has 2 aliphatic heterocycles. The van der Waals surface area contributed by atoms with Crippen molar-refractivity contribution in [2.24, 2.45) is 0 Å². The minimum atomic E-state index is -0.484. The molecule has 2 aliphatic rings. The van der Waals surface area contributed by atoms with E-state index in [0.717, 1.165) is 44.4 Å². The number of piperazine rings is 2. The predicted molar refractivity (Wildman–Crippen MR) is 117 cm³/mol. The summed E-state index contributed by atoms with van der Waals surface area (Å²) in [5, 5.41) is 19.8. The summed E-state index contributed by atoms with van der Waals surface area (Å²) < 4.78 is 0. The number of nitrogens with one attached hydrogen (secondary N) is 1. The van der Waals surface area contributed by atoms with Crippen LogP contribution < -0.4 is 14.7 Å². The highest BCUT2D eigenvalue weighted by molar-refractivity contribution is 5.95. The maximum Gasteiger partial charge on any atom is 0.270 e. The van der Waals surface area contributed by atoms with Crippen LogP contribution in [0.25, 0.3) is 0 Å². The summed E-state index contributed by atoms with van der Waals surface area (Å²) in [6.07, 6.45) is 0. The van der Waals surface area contributed by atoms with Crippen LogP contribution in [0.3, 0.4) is 0 Å². The molecular formula is C21H28N7O3+. The van der Waals surface area contributed by atoms with Gasteiger partial charge in [-0.15, -0.1) is 10.2 Å². The fraction of sp³-hybridized carbons (Fsp3) is 0.476. The first-order valence-corrected chi connectivity index (χ1v) is 10.8. The number of rotatable bonds is 5. The van der Waals surface area contributed by atoms with Crippen LogP contribution in [0.5, 0.6) is 0 Å². The van der Waals surface area contributed by atoms with Crippen molar-refractivity contribution in [2.75, 3.05) is 68.7 Å². The fourth-order valence-electron chi connectivity index (χ4n) is 4.13. The summed E-state index contributed by atoms with van der Waals surface area (Å²) in [5.74, 6) is 1.54. The van der Waals surface area contributed by atoms with Gasteiger partial charge in [0.15, 0.2) is 11.6 Å². The van der Waals surface area contributed by atoms with Gasteiger partial charge in [-0.2, -0.15) is 0 Å². The number of amides is 1. The molecule has 1 aromatic heterocycles. The molecule has 31 heavy (non-hydrogen) atoms. The van der Waals surface area contributed by atoms with E-state index in [4.69, 9.17) is 0 Å². The number of anilines is 2. The van der Waals surface area contributed by atoms with Crippen molar-refractivity contribution in [3.63, 3.8) is 0 Å². The Morgan fingerprint density at radius 1 is 1.00 bits per heavy atom. The first kappa shape index (κ1) is 21.0. The molecule has 0 atom stereocenters. The van der Waals surface area contributed by atoms with E-state index in [1.54, 1.807) is 21.9 Å². The third-order valence-corrected chi connectivity index (χ3v) is 6.13. The quantitative estimate of drug-likeness (QED) is 0.534. The number of hydrogen-bond donors (Lipinski definition) is 1. The number of nitro groups is 1. The van der Waals surface area contributed by atoms with Crippen molar-refractivity contribution in [2.45, 2.75) is 6.92 Å². The molecule has 164 valence electrons. The van der Waals surface area contributed by atoms with E-state index in [1.807, 2.05) is 12.1 Å². The lowest BCUT2D eigenvalue weighted by molar-refractivity contribution is -0.898. The van der Waals surface area contributed by atoms with E-state index in [2.05, 4.69) is 26.9 Å². The summed E-state index contributed by atoms with van der Waals surface area (Å²) in [4.78, 5) is 31.0. The summed E-state index contributed by atoms with van der Waals surface area (Å²) in [6, 6.07) is 9.91. The van der Waals surface area contributed by atoms with E-state index >= 15 is 0 Å². The van der Waals surface area contributed by atoms with Crippen molar-refractivity contribution < 1.29 is 14.6 Å². The highest BCUT2D eigenvalue weighted by Crippen LogP contribution is 2.19. The molecule has 10 nitrogen and oxygen atoms in total. The molecule has 1 aromatic carbocycles. The zero-order valence-electron chi connectivity index (χ0n) is 17.7. The highest BCUT2D eigenvalue weighted by Gasteiger charge is 2.25. The van der Waals surface area contributed by atoms with Crippen LogP contribution in [0.1, 0.15) is 17.3 Å². The molecule has 2 saturated heterocycles. The van der Waals surface area contributed by atoms with Gasteiger partial charge in [0.2, 0.25) is 0 Å². The van der Waals surface area contributed by atoms with Gasteiger partial charge in [-0.3, -0.25) is 14.9 Å². The van der Waals surface area contributed by atoms with Gasteiger partial charge in [0.25, 0.3) is 11.6 Å². The summed E-state index contributed by atoms with van der Waals surface area (Å²) in [5.41, 5.74) is 0.272. The minimum Gasteiger partial charge on any atom is -0.352 e. The van der Waals surface area contributed by atoms with Crippen LogP contribution in [-0.4, -0.2) is 84.8 Å². The Morgan fingerprint density at radius 2 is 1.61 bits per heavy atom. The van der Waals surface area contributed by atoms with E-state index in [9.17, 15) is 14.9 Å². The second-order valence-electron chi connectivity index (χ2n) is 7.93. The maximum absolute atomic E-state index is 12.7. The second-order valence-corrected chi connectivity index (χ2v) is 7.93. The third kappa shape index (κ3) is 4.74. The van der Waals surface area contributed by atoms with Crippen molar-refractivity contribution in [3.8, 4) is 0 Å². The first-order chi connectivity index (χ1) is 15.0. The molecular weight excluding hydrogens is 398 g/mol. The Morgan fingerprint density at radius 3 is 2.16 bits per heavy atom. The number of non-ortho nitro benzene ring substituents is 1. The molecule has 0 radical (unpaired) electrons. The number of benzene rings is 1. The van der Waals surface area contributed by atoms with Gasteiger partial charge in [-0.1, -0.05) is 6.07 Å². The van der Waals surface area contributed by atoms with Crippen LogP contribution in [0, 0.1) is 10.1 Å². The van der Waals surface area contributed by atoms with Gasteiger partial charge in [0.05, 0.1) is 37.6 Å². The van der Waals surface area contributed by atoms with E-state index in [-0.39, 0.29) is 11.6 Å². The number of carbonyl (C=O) groups is 1. The van der Waals surface area contributed by atoms with Gasteiger partial charge < -0.3 is 19.6 Å². The van der Waals surface area contributed by atoms with Crippen LogP contribution in [0.2, 0.25) is 0 Å². The molecule has 0 aliphatic carbocycles. The Bertz CT molecular complexity index is 921. The van der Waals surface area contributed by atoms with Crippen molar-refractivity contribution in [1.82, 2.24) is 15.1 Å². The Hall–Kier alpha value is -3.27. The third-order valence-electron chi connectivity index (χ3n) is 6.13. The van der Waals surface area contributed by atoms with E-state index < -0.39 is 4.92 Å². The molecule has 2 aromatic rings. The lowest BCUT2D eigenvalue weighted by atomic mass is 10.1. The van der Waals surface area contributed by atoms with E-state index in [0.29, 0.717) is 31.7 Å². The van der Waals surface area contributed by atoms with Crippen LogP contribution in [-0.2, 0) is 0 Å². The largest absolute Gasteiger partial charge is 0.352 e. The van der Waals surface area contributed by atoms with Gasteiger partial charge in [0, 0.05) is 43.9 Å². The van der Waals surface area contributed by atoms with Gasteiger partial charge in [-0.05, 0) is 25.1 Å². The standard InChI is InChI=1S/C21H27N7O3/c1-2-24-8-10-25(11-9-24)19-6-7-20(23-22-19)26-12-14-27(15-13-26)21(29)17-4-3-5-18(16-17)28(30)31/h3-7,16H,2,8-15H2,1H3/p+1. The Kier molecular flexibility index (Phi) is 6.26. The number of nitrogens with zero attached hydrogens (tertiary/aromatic N) is 6. The average molecular weight is 427 g/mol.